The van der Waals surface area contributed by atoms with E-state index >= 15 is 0 Å². The molecule has 40 heavy (non-hydrogen) atoms. The van der Waals surface area contributed by atoms with Crippen molar-refractivity contribution in [3.8, 4) is 5.75 Å². The number of nitrogens with zero attached hydrogens (tertiary/aromatic N) is 5. The van der Waals surface area contributed by atoms with E-state index in [1.54, 1.807) is 18.5 Å². The second-order valence-corrected chi connectivity index (χ2v) is 11.8. The summed E-state index contributed by atoms with van der Waals surface area (Å²) in [4.78, 5) is 53.7. The van der Waals surface area contributed by atoms with Crippen molar-refractivity contribution >= 4 is 17.7 Å². The van der Waals surface area contributed by atoms with Gasteiger partial charge < -0.3 is 19.4 Å². The number of carbonyl (C=O) groups is 3. The van der Waals surface area contributed by atoms with E-state index < -0.39 is 0 Å². The predicted molar refractivity (Wildman–Crippen MR) is 151 cm³/mol. The molecule has 2 fully saturated rings. The highest BCUT2D eigenvalue weighted by atomic mass is 16.5. The summed E-state index contributed by atoms with van der Waals surface area (Å²) in [6.07, 6.45) is 12.9. The summed E-state index contributed by atoms with van der Waals surface area (Å²) < 4.78 is 5.95. The van der Waals surface area contributed by atoms with Gasteiger partial charge in [0, 0.05) is 64.1 Å². The second-order valence-electron chi connectivity index (χ2n) is 11.8. The number of carbonyl (C=O) groups excluding carboxylic acids is 3. The van der Waals surface area contributed by atoms with Crippen LogP contribution >= 0.6 is 0 Å². The number of piperidine rings is 1. The third-order valence-corrected chi connectivity index (χ3v) is 8.91. The average Bonchev–Trinajstić information content (AvgIpc) is 2.96. The van der Waals surface area contributed by atoms with E-state index in [-0.39, 0.29) is 23.1 Å². The van der Waals surface area contributed by atoms with Gasteiger partial charge >= 0.3 is 0 Å². The minimum Gasteiger partial charge on any atom is -0.494 e. The maximum atomic E-state index is 13.4. The maximum absolute atomic E-state index is 13.4. The van der Waals surface area contributed by atoms with Gasteiger partial charge in [0.1, 0.15) is 11.4 Å². The quantitative estimate of drug-likeness (QED) is 0.575. The lowest BCUT2D eigenvalue weighted by molar-refractivity contribution is -0.135. The minimum atomic E-state index is -0.128. The molecule has 3 amide bonds. The average molecular weight is 548 g/mol. The molecule has 0 unspecified atom stereocenters. The third-order valence-electron chi connectivity index (χ3n) is 8.91. The molecule has 9 heteroatoms. The first-order valence-corrected chi connectivity index (χ1v) is 14.7. The molecule has 5 rings (SSSR count). The molecule has 3 heterocycles. The molecule has 0 radical (unpaired) electrons. The number of ether oxygens (including phenoxy) is 1. The zero-order valence-electron chi connectivity index (χ0n) is 23.6. The molecule has 3 aliphatic rings. The number of aromatic nitrogens is 2. The highest BCUT2D eigenvalue weighted by Gasteiger charge is 2.38. The normalized spacial score (nSPS) is 20.7. The van der Waals surface area contributed by atoms with Crippen molar-refractivity contribution in [2.24, 2.45) is 11.3 Å². The van der Waals surface area contributed by atoms with Gasteiger partial charge in [-0.05, 0) is 74.5 Å². The van der Waals surface area contributed by atoms with E-state index in [0.29, 0.717) is 62.0 Å². The molecule has 2 aromatic rings. The molecule has 9 nitrogen and oxygen atoms in total. The van der Waals surface area contributed by atoms with E-state index in [9.17, 15) is 14.4 Å². The van der Waals surface area contributed by atoms with Crippen LogP contribution in [0.3, 0.4) is 0 Å². The molecule has 1 aromatic carbocycles. The topological polar surface area (TPSA) is 95.9 Å². The standard InChI is InChI=1S/C31H41N5O4/c1-34-23-31(11-17-35(18-12-31)28(37)20-24-6-2-7-24)10-4-15-36(30(39)27-22-32-13-14-33-27)16-5-19-40-26-9-3-8-25(21-26)29(34)38/h3,8-9,13-14,21-22,24H,2,4-7,10-12,15-20,23H2,1H3. The summed E-state index contributed by atoms with van der Waals surface area (Å²) in [5.41, 5.74) is 0.831. The summed E-state index contributed by atoms with van der Waals surface area (Å²) >= 11 is 0. The zero-order chi connectivity index (χ0) is 28.0. The molecule has 2 aliphatic heterocycles. The van der Waals surface area contributed by atoms with Crippen molar-refractivity contribution in [1.29, 1.82) is 0 Å². The number of rotatable bonds is 3. The molecule has 1 saturated heterocycles. The third kappa shape index (κ3) is 6.80. The van der Waals surface area contributed by atoms with Crippen LogP contribution in [-0.2, 0) is 4.79 Å². The highest BCUT2D eigenvalue weighted by Crippen LogP contribution is 2.38. The van der Waals surface area contributed by atoms with Crippen molar-refractivity contribution in [2.75, 3.05) is 46.4 Å². The van der Waals surface area contributed by atoms with Crippen LogP contribution in [0.5, 0.6) is 5.75 Å². The number of amides is 3. The lowest BCUT2D eigenvalue weighted by Crippen LogP contribution is -2.49. The van der Waals surface area contributed by atoms with E-state index in [1.165, 1.54) is 25.5 Å². The first kappa shape index (κ1) is 28.1. The summed E-state index contributed by atoms with van der Waals surface area (Å²) in [5.74, 6) is 1.33. The van der Waals surface area contributed by atoms with E-state index in [0.717, 1.165) is 38.8 Å². The van der Waals surface area contributed by atoms with Gasteiger partial charge in [-0.15, -0.1) is 0 Å². The number of hydrogen-bond donors (Lipinski definition) is 0. The van der Waals surface area contributed by atoms with Crippen LogP contribution < -0.4 is 4.74 Å². The van der Waals surface area contributed by atoms with Crippen LogP contribution in [0.15, 0.2) is 42.9 Å². The second kappa shape index (κ2) is 12.8. The van der Waals surface area contributed by atoms with Crippen molar-refractivity contribution in [3.05, 3.63) is 54.1 Å². The number of benzene rings is 1. The van der Waals surface area contributed by atoms with Crippen LogP contribution in [-0.4, -0.2) is 88.8 Å². The van der Waals surface area contributed by atoms with Crippen LogP contribution in [0.4, 0.5) is 0 Å². The summed E-state index contributed by atoms with van der Waals surface area (Å²) in [6, 6.07) is 7.34. The largest absolute Gasteiger partial charge is 0.494 e. The lowest BCUT2D eigenvalue weighted by Gasteiger charge is -2.44. The van der Waals surface area contributed by atoms with Crippen molar-refractivity contribution in [3.63, 3.8) is 0 Å². The van der Waals surface area contributed by atoms with Crippen molar-refractivity contribution in [2.45, 2.75) is 57.8 Å². The molecule has 1 aromatic heterocycles. The fourth-order valence-corrected chi connectivity index (χ4v) is 6.28. The smallest absolute Gasteiger partial charge is 0.274 e. The van der Waals surface area contributed by atoms with Gasteiger partial charge in [0.25, 0.3) is 11.8 Å². The van der Waals surface area contributed by atoms with Gasteiger partial charge in [-0.1, -0.05) is 12.5 Å². The Hall–Kier alpha value is -3.49. The minimum absolute atomic E-state index is 0.0253. The SMILES string of the molecule is CN1CC2(CCCN(C(=O)c3cnccn3)CCCOc3cccc(c3)C1=O)CCN(C(=O)CC1CCC1)CC2. The molecule has 214 valence electrons. The zero-order valence-corrected chi connectivity index (χ0v) is 23.6. The first-order valence-electron chi connectivity index (χ1n) is 14.7. The summed E-state index contributed by atoms with van der Waals surface area (Å²) in [5, 5.41) is 0. The highest BCUT2D eigenvalue weighted by molar-refractivity contribution is 5.94. The first-order chi connectivity index (χ1) is 19.4. The Bertz CT molecular complexity index is 1180. The predicted octanol–water partition coefficient (Wildman–Crippen LogP) is 4.05. The molecule has 1 saturated carbocycles. The fourth-order valence-electron chi connectivity index (χ4n) is 6.28. The molecule has 0 N–H and O–H groups in total. The van der Waals surface area contributed by atoms with Gasteiger partial charge in [-0.3, -0.25) is 19.4 Å². The maximum Gasteiger partial charge on any atom is 0.274 e. The number of likely N-dealkylation sites (tertiary alicyclic amines) is 1. The van der Waals surface area contributed by atoms with Crippen LogP contribution in [0.1, 0.15) is 78.6 Å². The molecular formula is C31H41N5O4. The Morgan fingerprint density at radius 2 is 1.80 bits per heavy atom. The van der Waals surface area contributed by atoms with Crippen molar-refractivity contribution in [1.82, 2.24) is 24.7 Å². The number of fused-ring (bicyclic) bond motifs is 2. The Kier molecular flexibility index (Phi) is 8.97. The Morgan fingerprint density at radius 3 is 2.52 bits per heavy atom. The van der Waals surface area contributed by atoms with Crippen LogP contribution in [0, 0.1) is 11.3 Å². The van der Waals surface area contributed by atoms with E-state index in [1.807, 2.05) is 39.9 Å². The number of hydrogen-bond acceptors (Lipinski definition) is 6. The molecule has 0 atom stereocenters. The van der Waals surface area contributed by atoms with Gasteiger partial charge in [-0.2, -0.15) is 0 Å². The van der Waals surface area contributed by atoms with E-state index in [2.05, 4.69) is 9.97 Å². The Labute approximate surface area is 236 Å². The van der Waals surface area contributed by atoms with Gasteiger partial charge in [-0.25, -0.2) is 4.98 Å². The van der Waals surface area contributed by atoms with Gasteiger partial charge in [0.05, 0.1) is 12.8 Å². The molecule has 2 bridgehead atoms. The monoisotopic (exact) mass is 547 g/mol. The van der Waals surface area contributed by atoms with E-state index in [4.69, 9.17) is 4.74 Å². The summed E-state index contributed by atoms with van der Waals surface area (Å²) in [6.45, 7) is 3.63. The molecule has 1 spiro atoms. The molecule has 1 aliphatic carbocycles. The fraction of sp³-hybridized carbons (Fsp3) is 0.581. The van der Waals surface area contributed by atoms with Crippen molar-refractivity contribution < 1.29 is 19.1 Å². The van der Waals surface area contributed by atoms with Gasteiger partial charge in [0.2, 0.25) is 5.91 Å². The lowest BCUT2D eigenvalue weighted by atomic mass is 9.74. The Morgan fingerprint density at radius 1 is 1.00 bits per heavy atom. The molecular weight excluding hydrogens is 506 g/mol. The summed E-state index contributed by atoms with van der Waals surface area (Å²) in [7, 11) is 1.87. The Balaban J connectivity index is 1.33. The van der Waals surface area contributed by atoms with Gasteiger partial charge in [0.15, 0.2) is 0 Å². The van der Waals surface area contributed by atoms with Crippen LogP contribution in [0.2, 0.25) is 0 Å². The van der Waals surface area contributed by atoms with Crippen LogP contribution in [0.25, 0.3) is 0 Å².